The molecule has 0 unspecified atom stereocenters. The second kappa shape index (κ2) is 61.4. The van der Waals surface area contributed by atoms with E-state index in [1.165, 1.54) is 257 Å². The van der Waals surface area contributed by atoms with Gasteiger partial charge in [0.1, 0.15) is 13.2 Å². The van der Waals surface area contributed by atoms with E-state index in [9.17, 15) is 14.4 Å². The summed E-state index contributed by atoms with van der Waals surface area (Å²) in [5, 5.41) is 0. The van der Waals surface area contributed by atoms with Crippen molar-refractivity contribution in [1.82, 2.24) is 0 Å². The molecule has 0 saturated heterocycles. The molecule has 1 atom stereocenters. The van der Waals surface area contributed by atoms with Crippen LogP contribution in [0, 0.1) is 0 Å². The summed E-state index contributed by atoms with van der Waals surface area (Å²) in [5.41, 5.74) is 0. The zero-order chi connectivity index (χ0) is 52.2. The Morgan fingerprint density at radius 1 is 0.278 bits per heavy atom. The van der Waals surface area contributed by atoms with Crippen LogP contribution in [0.1, 0.15) is 361 Å². The van der Waals surface area contributed by atoms with Crippen LogP contribution in [0.3, 0.4) is 0 Å². The molecule has 72 heavy (non-hydrogen) atoms. The van der Waals surface area contributed by atoms with Crippen molar-refractivity contribution in [3.05, 3.63) is 24.3 Å². The Bertz CT molecular complexity index is 1160. The number of carbonyl (C=O) groups excluding carboxylic acids is 3. The highest BCUT2D eigenvalue weighted by Crippen LogP contribution is 2.18. The molecule has 424 valence electrons. The van der Waals surface area contributed by atoms with Crippen LogP contribution < -0.4 is 0 Å². The molecule has 0 radical (unpaired) electrons. The first kappa shape index (κ1) is 69.9. The topological polar surface area (TPSA) is 78.9 Å². The highest BCUT2D eigenvalue weighted by Gasteiger charge is 2.19. The van der Waals surface area contributed by atoms with Crippen LogP contribution in [0.25, 0.3) is 0 Å². The molecule has 6 heteroatoms. The molecule has 0 heterocycles. The number of hydrogen-bond acceptors (Lipinski definition) is 6. The first-order chi connectivity index (χ1) is 35.5. The molecular weight excluding hydrogens is 889 g/mol. The second-order valence-electron chi connectivity index (χ2n) is 22.0. The average molecular weight is 1010 g/mol. The van der Waals surface area contributed by atoms with Crippen molar-refractivity contribution in [2.75, 3.05) is 13.2 Å². The maximum absolute atomic E-state index is 12.9. The van der Waals surface area contributed by atoms with Crippen LogP contribution in [-0.4, -0.2) is 37.2 Å². The minimum Gasteiger partial charge on any atom is -0.462 e. The summed E-state index contributed by atoms with van der Waals surface area (Å²) >= 11 is 0. The van der Waals surface area contributed by atoms with E-state index >= 15 is 0 Å². The number of rotatable bonds is 60. The van der Waals surface area contributed by atoms with Gasteiger partial charge in [-0.1, -0.05) is 315 Å². The number of unbranched alkanes of at least 4 members (excludes halogenated alkanes) is 45. The minimum atomic E-state index is -0.769. The lowest BCUT2D eigenvalue weighted by Crippen LogP contribution is -2.30. The predicted molar refractivity (Wildman–Crippen MR) is 312 cm³/mol. The van der Waals surface area contributed by atoms with E-state index in [2.05, 4.69) is 45.1 Å². The van der Waals surface area contributed by atoms with E-state index in [-0.39, 0.29) is 31.1 Å². The summed E-state index contributed by atoms with van der Waals surface area (Å²) in [6, 6.07) is 0. The number of esters is 3. The number of ether oxygens (including phenoxy) is 3. The monoisotopic (exact) mass is 1010 g/mol. The maximum Gasteiger partial charge on any atom is 0.306 e. The van der Waals surface area contributed by atoms with Crippen LogP contribution in [-0.2, 0) is 28.6 Å². The van der Waals surface area contributed by atoms with Crippen molar-refractivity contribution < 1.29 is 28.6 Å². The van der Waals surface area contributed by atoms with Gasteiger partial charge in [-0.25, -0.2) is 0 Å². The van der Waals surface area contributed by atoms with Crippen LogP contribution >= 0.6 is 0 Å². The van der Waals surface area contributed by atoms with Gasteiger partial charge in [-0.05, 0) is 51.4 Å². The largest absolute Gasteiger partial charge is 0.462 e. The van der Waals surface area contributed by atoms with Crippen molar-refractivity contribution in [1.29, 1.82) is 0 Å². The zero-order valence-corrected chi connectivity index (χ0v) is 48.7. The van der Waals surface area contributed by atoms with Crippen LogP contribution in [0.15, 0.2) is 24.3 Å². The first-order valence-electron chi connectivity index (χ1n) is 32.3. The molecule has 0 saturated carbocycles. The van der Waals surface area contributed by atoms with Crippen LogP contribution in [0.5, 0.6) is 0 Å². The smallest absolute Gasteiger partial charge is 0.306 e. The van der Waals surface area contributed by atoms with E-state index in [1.807, 2.05) is 0 Å². The van der Waals surface area contributed by atoms with Gasteiger partial charge in [-0.2, -0.15) is 0 Å². The summed E-state index contributed by atoms with van der Waals surface area (Å²) in [4.78, 5) is 38.3. The molecule has 0 spiro atoms. The number of allylic oxidation sites excluding steroid dienone is 4. The molecule has 0 N–H and O–H groups in total. The summed E-state index contributed by atoms with van der Waals surface area (Å²) in [7, 11) is 0. The molecule has 0 aromatic rings. The first-order valence-corrected chi connectivity index (χ1v) is 32.3. The molecule has 0 aromatic heterocycles. The summed E-state index contributed by atoms with van der Waals surface area (Å²) in [6.07, 6.45) is 73.2. The molecule has 0 amide bonds. The van der Waals surface area contributed by atoms with Crippen molar-refractivity contribution >= 4 is 17.9 Å². The third-order valence-electron chi connectivity index (χ3n) is 14.7. The fourth-order valence-corrected chi connectivity index (χ4v) is 9.83. The van der Waals surface area contributed by atoms with Crippen molar-refractivity contribution in [2.45, 2.75) is 367 Å². The predicted octanol–water partition coefficient (Wildman–Crippen LogP) is 21.8. The van der Waals surface area contributed by atoms with E-state index in [0.717, 1.165) is 64.2 Å². The third-order valence-corrected chi connectivity index (χ3v) is 14.7. The van der Waals surface area contributed by atoms with Gasteiger partial charge in [0.05, 0.1) is 0 Å². The Morgan fingerprint density at radius 2 is 0.500 bits per heavy atom. The van der Waals surface area contributed by atoms with Gasteiger partial charge in [0.25, 0.3) is 0 Å². The normalized spacial score (nSPS) is 12.1. The molecule has 0 aliphatic heterocycles. The molecule has 6 nitrogen and oxygen atoms in total. The highest BCUT2D eigenvalue weighted by molar-refractivity contribution is 5.71. The summed E-state index contributed by atoms with van der Waals surface area (Å²) < 4.78 is 17.0. The quantitative estimate of drug-likeness (QED) is 0.0261. The molecule has 0 aromatic carbocycles. The van der Waals surface area contributed by atoms with Crippen LogP contribution in [0.4, 0.5) is 0 Å². The van der Waals surface area contributed by atoms with Gasteiger partial charge >= 0.3 is 17.9 Å². The van der Waals surface area contributed by atoms with Gasteiger partial charge in [0, 0.05) is 19.3 Å². The van der Waals surface area contributed by atoms with E-state index in [4.69, 9.17) is 14.2 Å². The lowest BCUT2D eigenvalue weighted by Gasteiger charge is -2.18. The lowest BCUT2D eigenvalue weighted by molar-refractivity contribution is -0.167. The Morgan fingerprint density at radius 3 is 0.792 bits per heavy atom. The molecule has 0 aliphatic rings. The number of carbonyl (C=O) groups is 3. The van der Waals surface area contributed by atoms with Gasteiger partial charge in [0.2, 0.25) is 0 Å². The highest BCUT2D eigenvalue weighted by atomic mass is 16.6. The Kier molecular flexibility index (Phi) is 59.6. The van der Waals surface area contributed by atoms with Crippen molar-refractivity contribution in [2.24, 2.45) is 0 Å². The van der Waals surface area contributed by atoms with Gasteiger partial charge in [-0.15, -0.1) is 0 Å². The molecular formula is C66H124O6. The lowest BCUT2D eigenvalue weighted by atomic mass is 10.0. The fourth-order valence-electron chi connectivity index (χ4n) is 9.83. The fraction of sp³-hybridized carbons (Fsp3) is 0.894. The third kappa shape index (κ3) is 58.8. The van der Waals surface area contributed by atoms with E-state index in [1.54, 1.807) is 0 Å². The van der Waals surface area contributed by atoms with Gasteiger partial charge in [-0.3, -0.25) is 14.4 Å². The maximum atomic E-state index is 12.9. The summed E-state index contributed by atoms with van der Waals surface area (Å²) in [5.74, 6) is -0.840. The Labute approximate surface area is 449 Å². The second-order valence-corrected chi connectivity index (χ2v) is 22.0. The summed E-state index contributed by atoms with van der Waals surface area (Å²) in [6.45, 7) is 6.69. The average Bonchev–Trinajstić information content (AvgIpc) is 3.38. The van der Waals surface area contributed by atoms with Crippen molar-refractivity contribution in [3.8, 4) is 0 Å². The standard InChI is InChI=1S/C66H124O6/c1-4-7-10-13-16-19-22-25-28-31-33-36-38-41-44-47-50-53-56-59-65(68)71-62-63(61-70-64(67)58-55-52-49-46-43-40-37-34-30-27-24-21-18-15-12-9-6-3)72-66(69)60-57-54-51-48-45-42-39-35-32-29-26-23-20-17-14-11-8-5-2/h16,19,25,28,63H,4-15,17-18,20-24,26-27,29-62H2,1-3H3/b19-16-,28-25-/t63-/m1/s1. The molecule has 0 bridgehead atoms. The zero-order valence-electron chi connectivity index (χ0n) is 48.7. The van der Waals surface area contributed by atoms with E-state index in [0.29, 0.717) is 19.3 Å². The SMILES string of the molecule is CCCCC/C=C\C/C=C\CCCCCCCCCCCC(=O)OC[C@@H](COC(=O)CCCCCCCCCCCCCCCCCCC)OC(=O)CCCCCCCCCCCCCCCCCCCC. The Hall–Kier alpha value is -2.11. The Balaban J connectivity index is 4.31. The minimum absolute atomic E-state index is 0.0660. The molecule has 0 fully saturated rings. The van der Waals surface area contributed by atoms with Crippen molar-refractivity contribution in [3.63, 3.8) is 0 Å². The van der Waals surface area contributed by atoms with E-state index < -0.39 is 6.10 Å². The van der Waals surface area contributed by atoms with Crippen LogP contribution in [0.2, 0.25) is 0 Å². The molecule has 0 rings (SSSR count). The molecule has 0 aliphatic carbocycles. The van der Waals surface area contributed by atoms with Gasteiger partial charge < -0.3 is 14.2 Å². The van der Waals surface area contributed by atoms with Gasteiger partial charge in [0.15, 0.2) is 6.10 Å². The number of hydrogen-bond donors (Lipinski definition) is 0.